The van der Waals surface area contributed by atoms with Crippen molar-refractivity contribution >= 4 is 29.5 Å². The summed E-state index contributed by atoms with van der Waals surface area (Å²) in [5.41, 5.74) is 6.00. The van der Waals surface area contributed by atoms with Gasteiger partial charge in [0, 0.05) is 30.8 Å². The quantitative estimate of drug-likeness (QED) is 0.0300. The minimum Gasteiger partial charge on any atom is -0.462 e. The fraction of sp³-hybridized carbons (Fsp3) is 0.881. The number of thioether (sulfide) groups is 1. The van der Waals surface area contributed by atoms with Crippen LogP contribution in [0.2, 0.25) is 0 Å². The lowest BCUT2D eigenvalue weighted by atomic mass is 10.0. The zero-order valence-corrected chi connectivity index (χ0v) is 33.1. The molecule has 0 bridgehead atoms. The Hall–Kier alpha value is -1.52. The zero-order chi connectivity index (χ0) is 36.0. The van der Waals surface area contributed by atoms with Gasteiger partial charge in [-0.2, -0.15) is 11.8 Å². The molecule has 0 rings (SSSR count). The second kappa shape index (κ2) is 37.7. The van der Waals surface area contributed by atoms with E-state index in [4.69, 9.17) is 15.2 Å². The molecule has 2 N–H and O–H groups in total. The number of carbonyl (C=O) groups excluding carboxylic acids is 3. The van der Waals surface area contributed by atoms with E-state index in [0.717, 1.165) is 38.5 Å². The molecule has 0 aromatic rings. The van der Waals surface area contributed by atoms with E-state index in [1.54, 1.807) is 0 Å². The van der Waals surface area contributed by atoms with E-state index in [1.807, 2.05) is 6.92 Å². The molecule has 49 heavy (non-hydrogen) atoms. The molecule has 6 nitrogen and oxygen atoms in total. The van der Waals surface area contributed by atoms with Crippen molar-refractivity contribution in [3.05, 3.63) is 0 Å². The minimum absolute atomic E-state index is 0.0352. The summed E-state index contributed by atoms with van der Waals surface area (Å²) in [4.78, 5) is 37.2. The van der Waals surface area contributed by atoms with Gasteiger partial charge in [0.05, 0.1) is 6.04 Å². The maximum absolute atomic E-state index is 12.7. The Bertz CT molecular complexity index is 839. The molecule has 0 spiro atoms. The van der Waals surface area contributed by atoms with E-state index in [-0.39, 0.29) is 24.3 Å². The smallest absolute Gasteiger partial charge is 0.306 e. The normalized spacial score (nSPS) is 12.2. The third kappa shape index (κ3) is 34.7. The predicted molar refractivity (Wildman–Crippen MR) is 210 cm³/mol. The number of ether oxygens (including phenoxy) is 2. The molecule has 2 atom stereocenters. The van der Waals surface area contributed by atoms with Crippen LogP contribution >= 0.6 is 11.8 Å². The van der Waals surface area contributed by atoms with Crippen LogP contribution in [0.5, 0.6) is 0 Å². The summed E-state index contributed by atoms with van der Waals surface area (Å²) in [7, 11) is 0. The van der Waals surface area contributed by atoms with E-state index >= 15 is 0 Å². The van der Waals surface area contributed by atoms with Gasteiger partial charge in [-0.3, -0.25) is 14.4 Å². The van der Waals surface area contributed by atoms with Crippen LogP contribution in [0, 0.1) is 11.8 Å². The zero-order valence-electron chi connectivity index (χ0n) is 32.3. The molecule has 7 heteroatoms. The molecule has 0 saturated carbocycles. The summed E-state index contributed by atoms with van der Waals surface area (Å²) in [6.45, 7) is 6.44. The Morgan fingerprint density at radius 2 is 0.939 bits per heavy atom. The first-order valence-electron chi connectivity index (χ1n) is 20.7. The molecule has 0 heterocycles. The average molecular weight is 708 g/mol. The third-order valence-electron chi connectivity index (χ3n) is 9.02. The third-order valence-corrected chi connectivity index (χ3v) is 10.2. The van der Waals surface area contributed by atoms with Crippen LogP contribution < -0.4 is 5.73 Å². The van der Waals surface area contributed by atoms with Crippen molar-refractivity contribution in [2.24, 2.45) is 5.73 Å². The number of nitrogens with two attached hydrogens (primary N) is 1. The summed E-state index contributed by atoms with van der Waals surface area (Å²) in [5.74, 6) is 5.34. The SMILES string of the molecule is CCC#CC(=O)C(N)CSCC(COC(=O)CCCCCCCCCCCCCCC)OC(=O)CCCCCCCCCCCCCCC. The number of esters is 2. The highest BCUT2D eigenvalue weighted by Crippen LogP contribution is 2.16. The topological polar surface area (TPSA) is 95.7 Å². The number of rotatable bonds is 36. The Labute approximate surface area is 307 Å². The van der Waals surface area contributed by atoms with E-state index < -0.39 is 12.1 Å². The van der Waals surface area contributed by atoms with Crippen molar-refractivity contribution in [1.82, 2.24) is 0 Å². The lowest BCUT2D eigenvalue weighted by molar-refractivity contribution is -0.157. The summed E-state index contributed by atoms with van der Waals surface area (Å²) in [6, 6.07) is -0.690. The van der Waals surface area contributed by atoms with Crippen LogP contribution in [-0.4, -0.2) is 48.0 Å². The van der Waals surface area contributed by atoms with E-state index in [1.165, 1.54) is 140 Å². The Morgan fingerprint density at radius 3 is 1.35 bits per heavy atom. The Morgan fingerprint density at radius 1 is 0.551 bits per heavy atom. The number of Topliss-reactive ketones (excluding diaryl/α,β-unsaturated/α-hetero) is 1. The fourth-order valence-electron chi connectivity index (χ4n) is 5.86. The van der Waals surface area contributed by atoms with Gasteiger partial charge in [-0.1, -0.05) is 181 Å². The highest BCUT2D eigenvalue weighted by molar-refractivity contribution is 7.99. The van der Waals surface area contributed by atoms with Crippen molar-refractivity contribution in [1.29, 1.82) is 0 Å². The number of carbonyl (C=O) groups is 3. The first-order valence-corrected chi connectivity index (χ1v) is 21.8. The molecular weight excluding hydrogens is 631 g/mol. The maximum atomic E-state index is 12.7. The van der Waals surface area contributed by atoms with E-state index in [0.29, 0.717) is 30.8 Å². The van der Waals surface area contributed by atoms with Crippen molar-refractivity contribution in [3.63, 3.8) is 0 Å². The molecule has 0 amide bonds. The van der Waals surface area contributed by atoms with Crippen molar-refractivity contribution in [2.75, 3.05) is 18.1 Å². The van der Waals surface area contributed by atoms with Crippen LogP contribution in [0.15, 0.2) is 0 Å². The molecule has 0 radical (unpaired) electrons. The van der Waals surface area contributed by atoms with Crippen LogP contribution in [0.3, 0.4) is 0 Å². The molecule has 0 saturated heterocycles. The molecule has 0 fully saturated rings. The van der Waals surface area contributed by atoms with E-state index in [2.05, 4.69) is 25.7 Å². The molecule has 0 aliphatic carbocycles. The van der Waals surface area contributed by atoms with Crippen LogP contribution in [0.4, 0.5) is 0 Å². The summed E-state index contributed by atoms with van der Waals surface area (Å²) in [6.07, 6.45) is 33.5. The highest BCUT2D eigenvalue weighted by Gasteiger charge is 2.19. The van der Waals surface area contributed by atoms with Gasteiger partial charge in [-0.15, -0.1) is 0 Å². The maximum Gasteiger partial charge on any atom is 0.306 e. The monoisotopic (exact) mass is 708 g/mol. The van der Waals surface area contributed by atoms with Crippen molar-refractivity contribution in [3.8, 4) is 11.8 Å². The van der Waals surface area contributed by atoms with Crippen LogP contribution in [0.1, 0.15) is 207 Å². The van der Waals surface area contributed by atoms with Gasteiger partial charge in [0.2, 0.25) is 5.78 Å². The van der Waals surface area contributed by atoms with Crippen LogP contribution in [0.25, 0.3) is 0 Å². The fourth-order valence-corrected chi connectivity index (χ4v) is 6.83. The second-order valence-corrected chi connectivity index (χ2v) is 15.0. The molecular formula is C42H77NO5S. The van der Waals surface area contributed by atoms with Gasteiger partial charge in [-0.25, -0.2) is 0 Å². The number of ketones is 1. The van der Waals surface area contributed by atoms with Gasteiger partial charge in [0.15, 0.2) is 0 Å². The summed E-state index contributed by atoms with van der Waals surface area (Å²) < 4.78 is 11.3. The van der Waals surface area contributed by atoms with Crippen LogP contribution in [-0.2, 0) is 23.9 Å². The lowest BCUT2D eigenvalue weighted by Gasteiger charge is -2.18. The van der Waals surface area contributed by atoms with E-state index in [9.17, 15) is 14.4 Å². The predicted octanol–water partition coefficient (Wildman–Crippen LogP) is 11.4. The van der Waals surface area contributed by atoms with Crippen molar-refractivity contribution < 1.29 is 23.9 Å². The van der Waals surface area contributed by atoms with Crippen molar-refractivity contribution in [2.45, 2.75) is 219 Å². The van der Waals surface area contributed by atoms with Gasteiger partial charge in [-0.05, 0) is 18.8 Å². The number of unbranched alkanes of at least 4 members (excludes halogenated alkanes) is 24. The molecule has 0 aromatic carbocycles. The summed E-state index contributed by atoms with van der Waals surface area (Å²) >= 11 is 1.43. The molecule has 286 valence electrons. The first kappa shape index (κ1) is 47.5. The van der Waals surface area contributed by atoms with Gasteiger partial charge < -0.3 is 15.2 Å². The molecule has 0 aliphatic rings. The number of hydrogen-bond acceptors (Lipinski definition) is 7. The minimum atomic E-state index is -0.690. The van der Waals surface area contributed by atoms with Gasteiger partial charge >= 0.3 is 11.9 Å². The highest BCUT2D eigenvalue weighted by atomic mass is 32.2. The first-order chi connectivity index (χ1) is 23.9. The molecule has 0 aliphatic heterocycles. The second-order valence-electron chi connectivity index (χ2n) is 13.9. The van der Waals surface area contributed by atoms with Gasteiger partial charge in [0.25, 0.3) is 0 Å². The lowest BCUT2D eigenvalue weighted by Crippen LogP contribution is -2.33. The average Bonchev–Trinajstić information content (AvgIpc) is 3.09. The molecule has 0 aromatic heterocycles. The Kier molecular flexibility index (Phi) is 36.6. The standard InChI is InChI=1S/C42H77NO5S/c1-4-7-10-12-14-16-18-20-22-24-26-28-30-33-41(45)47-35-38(36-49-37-39(43)40(44)32-9-6-3)48-42(46)34-31-29-27-25-23-21-19-17-15-13-11-8-5-2/h38-39H,4-8,10-31,33-37,43H2,1-3H3. The Balaban J connectivity index is 4.27. The molecule has 2 unspecified atom stereocenters. The van der Waals surface area contributed by atoms with Gasteiger partial charge in [0.1, 0.15) is 12.7 Å². The number of hydrogen-bond donors (Lipinski definition) is 1. The summed E-state index contributed by atoms with van der Waals surface area (Å²) in [5, 5.41) is 0. The largest absolute Gasteiger partial charge is 0.462 e.